The number of thiophene rings is 1. The third kappa shape index (κ3) is 5.92. The normalized spacial score (nSPS) is 12.0. The second-order valence-corrected chi connectivity index (χ2v) is 6.27. The van der Waals surface area contributed by atoms with Crippen LogP contribution in [0.1, 0.15) is 10.9 Å². The fourth-order valence-corrected chi connectivity index (χ4v) is 3.04. The van der Waals surface area contributed by atoms with Crippen LogP contribution in [-0.2, 0) is 0 Å². The number of carbonyl (C=O) groups is 1. The van der Waals surface area contributed by atoms with Crippen LogP contribution in [0, 0.1) is 0 Å². The van der Waals surface area contributed by atoms with Gasteiger partial charge in [0, 0.05) is 11.4 Å². The largest absolute Gasteiger partial charge is 0.492 e. The first-order valence-electron chi connectivity index (χ1n) is 7.56. The van der Waals surface area contributed by atoms with Crippen molar-refractivity contribution in [3.8, 4) is 5.75 Å². The molecular formula is C17H23N3O2S. The third-order valence-electron chi connectivity index (χ3n) is 3.35. The molecule has 124 valence electrons. The summed E-state index contributed by atoms with van der Waals surface area (Å²) in [4.78, 5) is 15.2. The maximum atomic E-state index is 11.9. The minimum atomic E-state index is -0.176. The lowest BCUT2D eigenvalue weighted by Gasteiger charge is -2.23. The van der Waals surface area contributed by atoms with E-state index in [-0.39, 0.29) is 12.1 Å². The Hall–Kier alpha value is -2.05. The number of ether oxygens (including phenoxy) is 1. The smallest absolute Gasteiger partial charge is 0.314 e. The molecule has 1 aromatic heterocycles. The number of rotatable bonds is 8. The van der Waals surface area contributed by atoms with Crippen LogP contribution < -0.4 is 15.4 Å². The van der Waals surface area contributed by atoms with Crippen molar-refractivity contribution >= 4 is 17.4 Å². The van der Waals surface area contributed by atoms with Crippen LogP contribution >= 0.6 is 11.3 Å². The summed E-state index contributed by atoms with van der Waals surface area (Å²) in [5.74, 6) is 0.806. The molecule has 0 fully saturated rings. The van der Waals surface area contributed by atoms with Gasteiger partial charge in [-0.3, -0.25) is 0 Å². The summed E-state index contributed by atoms with van der Waals surface area (Å²) in [6.45, 7) is 1.48. The highest BCUT2D eigenvalue weighted by Crippen LogP contribution is 2.22. The number of benzene rings is 1. The molecule has 2 aromatic rings. The van der Waals surface area contributed by atoms with E-state index >= 15 is 0 Å². The van der Waals surface area contributed by atoms with E-state index in [2.05, 4.69) is 21.6 Å². The monoisotopic (exact) mass is 333 g/mol. The van der Waals surface area contributed by atoms with Gasteiger partial charge >= 0.3 is 6.03 Å². The van der Waals surface area contributed by atoms with Crippen molar-refractivity contribution in [2.24, 2.45) is 0 Å². The molecule has 2 N–H and O–H groups in total. The number of nitrogens with one attached hydrogen (secondary N) is 2. The maximum absolute atomic E-state index is 11.9. The van der Waals surface area contributed by atoms with E-state index in [1.807, 2.05) is 55.9 Å². The van der Waals surface area contributed by atoms with Gasteiger partial charge in [0.1, 0.15) is 12.4 Å². The Balaban J connectivity index is 1.66. The molecule has 1 heterocycles. The van der Waals surface area contributed by atoms with E-state index in [0.717, 1.165) is 5.75 Å². The molecule has 23 heavy (non-hydrogen) atoms. The number of carbonyl (C=O) groups excluding carboxylic acids is 1. The highest BCUT2D eigenvalue weighted by Gasteiger charge is 2.15. The van der Waals surface area contributed by atoms with Gasteiger partial charge in [-0.05, 0) is 37.7 Å². The van der Waals surface area contributed by atoms with Crippen LogP contribution in [0.15, 0.2) is 47.8 Å². The first kappa shape index (κ1) is 17.3. The Kier molecular flexibility index (Phi) is 6.90. The number of hydrogen-bond donors (Lipinski definition) is 2. The van der Waals surface area contributed by atoms with Gasteiger partial charge in [-0.15, -0.1) is 11.3 Å². The molecule has 2 amide bonds. The summed E-state index contributed by atoms with van der Waals surface area (Å²) in [7, 11) is 4.02. The molecule has 0 aliphatic rings. The van der Waals surface area contributed by atoms with Crippen molar-refractivity contribution in [1.82, 2.24) is 15.5 Å². The lowest BCUT2D eigenvalue weighted by Crippen LogP contribution is -2.41. The van der Waals surface area contributed by atoms with Gasteiger partial charge in [0.25, 0.3) is 0 Å². The summed E-state index contributed by atoms with van der Waals surface area (Å²) in [5.41, 5.74) is 0. The Morgan fingerprint density at radius 2 is 1.96 bits per heavy atom. The zero-order chi connectivity index (χ0) is 16.5. The highest BCUT2D eigenvalue weighted by atomic mass is 32.1. The SMILES string of the molecule is CN(C)C(CNC(=O)NCCOc1ccccc1)c1cccs1. The zero-order valence-electron chi connectivity index (χ0n) is 13.5. The van der Waals surface area contributed by atoms with E-state index in [9.17, 15) is 4.79 Å². The van der Waals surface area contributed by atoms with Gasteiger partial charge in [0.05, 0.1) is 12.6 Å². The van der Waals surface area contributed by atoms with Crippen LogP contribution in [0.3, 0.4) is 0 Å². The molecule has 1 unspecified atom stereocenters. The van der Waals surface area contributed by atoms with Crippen molar-refractivity contribution in [3.63, 3.8) is 0 Å². The average molecular weight is 333 g/mol. The number of likely N-dealkylation sites (N-methyl/N-ethyl adjacent to an activating group) is 1. The molecule has 0 aliphatic heterocycles. The summed E-state index contributed by atoms with van der Waals surface area (Å²) < 4.78 is 5.53. The maximum Gasteiger partial charge on any atom is 0.314 e. The number of hydrogen-bond acceptors (Lipinski definition) is 4. The molecular weight excluding hydrogens is 310 g/mol. The summed E-state index contributed by atoms with van der Waals surface area (Å²) in [6.07, 6.45) is 0. The molecule has 0 radical (unpaired) electrons. The quantitative estimate of drug-likeness (QED) is 0.731. The molecule has 0 saturated heterocycles. The molecule has 1 atom stereocenters. The third-order valence-corrected chi connectivity index (χ3v) is 4.32. The topological polar surface area (TPSA) is 53.6 Å². The molecule has 0 saturated carbocycles. The summed E-state index contributed by atoms with van der Waals surface area (Å²) in [5, 5.41) is 7.76. The predicted molar refractivity (Wildman–Crippen MR) is 94.1 cm³/mol. The van der Waals surface area contributed by atoms with E-state index in [4.69, 9.17) is 4.74 Å². The zero-order valence-corrected chi connectivity index (χ0v) is 14.3. The molecule has 1 aromatic carbocycles. The fraction of sp³-hybridized carbons (Fsp3) is 0.353. The molecule has 6 heteroatoms. The second kappa shape index (κ2) is 9.17. The minimum absolute atomic E-state index is 0.176. The van der Waals surface area contributed by atoms with E-state index in [1.54, 1.807) is 11.3 Å². The molecule has 0 aliphatic carbocycles. The number of urea groups is 1. The van der Waals surface area contributed by atoms with Crippen molar-refractivity contribution in [2.75, 3.05) is 33.8 Å². The van der Waals surface area contributed by atoms with E-state index in [0.29, 0.717) is 19.7 Å². The second-order valence-electron chi connectivity index (χ2n) is 5.29. The summed E-state index contributed by atoms with van der Waals surface area (Å²) >= 11 is 1.70. The number of para-hydroxylation sites is 1. The lowest BCUT2D eigenvalue weighted by atomic mass is 10.2. The molecule has 5 nitrogen and oxygen atoms in total. The van der Waals surface area contributed by atoms with Gasteiger partial charge in [-0.2, -0.15) is 0 Å². The molecule has 0 spiro atoms. The highest BCUT2D eigenvalue weighted by molar-refractivity contribution is 7.10. The standard InChI is InChI=1S/C17H23N3O2S/c1-20(2)15(16-9-6-12-23-16)13-19-17(21)18-10-11-22-14-7-4-3-5-8-14/h3-9,12,15H,10-11,13H2,1-2H3,(H2,18,19,21). The lowest BCUT2D eigenvalue weighted by molar-refractivity contribution is 0.229. The van der Waals surface area contributed by atoms with Crippen LogP contribution in [-0.4, -0.2) is 44.7 Å². The Morgan fingerprint density at radius 3 is 2.61 bits per heavy atom. The predicted octanol–water partition coefficient (Wildman–Crippen LogP) is 2.73. The van der Waals surface area contributed by atoms with Crippen LogP contribution in [0.25, 0.3) is 0 Å². The van der Waals surface area contributed by atoms with Gasteiger partial charge in [0.15, 0.2) is 0 Å². The molecule has 0 bridgehead atoms. The van der Waals surface area contributed by atoms with Gasteiger partial charge in [0.2, 0.25) is 0 Å². The van der Waals surface area contributed by atoms with E-state index < -0.39 is 0 Å². The Labute approximate surface area is 141 Å². The minimum Gasteiger partial charge on any atom is -0.492 e. The van der Waals surface area contributed by atoms with Crippen molar-refractivity contribution in [3.05, 3.63) is 52.7 Å². The average Bonchev–Trinajstić information content (AvgIpc) is 3.06. The van der Waals surface area contributed by atoms with Crippen molar-refractivity contribution in [1.29, 1.82) is 0 Å². The number of amides is 2. The Morgan fingerprint density at radius 1 is 1.17 bits per heavy atom. The van der Waals surface area contributed by atoms with Crippen molar-refractivity contribution in [2.45, 2.75) is 6.04 Å². The molecule has 2 rings (SSSR count). The van der Waals surface area contributed by atoms with Crippen LogP contribution in [0.4, 0.5) is 4.79 Å². The van der Waals surface area contributed by atoms with Crippen molar-refractivity contribution < 1.29 is 9.53 Å². The van der Waals surface area contributed by atoms with E-state index in [1.165, 1.54) is 4.88 Å². The van der Waals surface area contributed by atoms with Gasteiger partial charge in [-0.1, -0.05) is 24.3 Å². The number of nitrogens with zero attached hydrogens (tertiary/aromatic N) is 1. The van der Waals surface area contributed by atoms with Gasteiger partial charge in [-0.25, -0.2) is 4.79 Å². The fourth-order valence-electron chi connectivity index (χ4n) is 2.12. The Bertz CT molecular complexity index is 573. The van der Waals surface area contributed by atoms with Crippen LogP contribution in [0.5, 0.6) is 5.75 Å². The van der Waals surface area contributed by atoms with Gasteiger partial charge < -0.3 is 20.3 Å². The first-order valence-corrected chi connectivity index (χ1v) is 8.44. The first-order chi connectivity index (χ1) is 11.2. The van der Waals surface area contributed by atoms with Crippen LogP contribution in [0.2, 0.25) is 0 Å². The summed E-state index contributed by atoms with van der Waals surface area (Å²) in [6, 6.07) is 13.7.